The molecule has 0 radical (unpaired) electrons. The Kier molecular flexibility index (Phi) is 4.67. The Morgan fingerprint density at radius 2 is 2.25 bits per heavy atom. The third-order valence-electron chi connectivity index (χ3n) is 5.00. The molecule has 1 N–H and O–H groups in total. The van der Waals surface area contributed by atoms with E-state index in [1.807, 2.05) is 11.5 Å². The topological polar surface area (TPSA) is 90.9 Å². The van der Waals surface area contributed by atoms with Crippen molar-refractivity contribution in [2.75, 3.05) is 24.6 Å². The minimum Gasteiger partial charge on any atom is -0.394 e. The Labute approximate surface area is 142 Å². The van der Waals surface area contributed by atoms with Gasteiger partial charge in [-0.25, -0.2) is 15.0 Å². The molecule has 24 heavy (non-hydrogen) atoms. The van der Waals surface area contributed by atoms with Gasteiger partial charge < -0.3 is 14.6 Å². The van der Waals surface area contributed by atoms with Gasteiger partial charge in [-0.2, -0.15) is 5.26 Å². The van der Waals surface area contributed by atoms with Crippen LogP contribution in [0.1, 0.15) is 45.6 Å². The molecular formula is C17H24N6O. The highest BCUT2D eigenvalue weighted by molar-refractivity contribution is 5.83. The fourth-order valence-corrected chi connectivity index (χ4v) is 3.58. The molecular weight excluding hydrogens is 304 g/mol. The van der Waals surface area contributed by atoms with E-state index in [1.165, 1.54) is 0 Å². The molecule has 0 aliphatic carbocycles. The number of nitriles is 1. The molecule has 0 saturated carbocycles. The van der Waals surface area contributed by atoms with E-state index in [2.05, 4.69) is 32.8 Å². The zero-order valence-electron chi connectivity index (χ0n) is 14.3. The number of aliphatic hydroxyl groups is 1. The smallest absolute Gasteiger partial charge is 0.165 e. The average molecular weight is 328 g/mol. The Bertz CT molecular complexity index is 747. The minimum absolute atomic E-state index is 0.0100. The van der Waals surface area contributed by atoms with Gasteiger partial charge in [0.05, 0.1) is 25.0 Å². The van der Waals surface area contributed by atoms with E-state index in [9.17, 15) is 5.11 Å². The summed E-state index contributed by atoms with van der Waals surface area (Å²) in [5.41, 5.74) is 1.52. The van der Waals surface area contributed by atoms with Gasteiger partial charge in [0.15, 0.2) is 17.0 Å². The molecule has 3 heterocycles. The van der Waals surface area contributed by atoms with Crippen LogP contribution in [0.2, 0.25) is 0 Å². The van der Waals surface area contributed by atoms with Gasteiger partial charge in [-0.05, 0) is 24.7 Å². The first kappa shape index (κ1) is 16.7. The summed E-state index contributed by atoms with van der Waals surface area (Å²) in [6.07, 6.45) is 6.77. The summed E-state index contributed by atoms with van der Waals surface area (Å²) in [5.74, 6) is 0.829. The third-order valence-corrected chi connectivity index (χ3v) is 5.00. The second-order valence-corrected chi connectivity index (χ2v) is 6.94. The maximum absolute atomic E-state index is 9.57. The molecule has 128 valence electrons. The number of imidazole rings is 1. The summed E-state index contributed by atoms with van der Waals surface area (Å²) in [5, 5.41) is 18.7. The van der Waals surface area contributed by atoms with Gasteiger partial charge >= 0.3 is 0 Å². The van der Waals surface area contributed by atoms with E-state index in [0.717, 1.165) is 49.3 Å². The van der Waals surface area contributed by atoms with Crippen molar-refractivity contribution in [3.63, 3.8) is 0 Å². The van der Waals surface area contributed by atoms with E-state index in [-0.39, 0.29) is 18.1 Å². The van der Waals surface area contributed by atoms with Crippen LogP contribution in [-0.4, -0.2) is 44.3 Å². The van der Waals surface area contributed by atoms with E-state index < -0.39 is 0 Å². The molecule has 1 unspecified atom stereocenters. The lowest BCUT2D eigenvalue weighted by atomic mass is 9.79. The number of hydrogen-bond acceptors (Lipinski definition) is 6. The first-order valence-corrected chi connectivity index (χ1v) is 8.52. The Morgan fingerprint density at radius 1 is 1.42 bits per heavy atom. The lowest BCUT2D eigenvalue weighted by molar-refractivity contribution is 0.226. The predicted octanol–water partition coefficient (Wildman–Crippen LogP) is 2.29. The highest BCUT2D eigenvalue weighted by Gasteiger charge is 2.32. The van der Waals surface area contributed by atoms with Gasteiger partial charge in [-0.15, -0.1) is 0 Å². The van der Waals surface area contributed by atoms with Crippen molar-refractivity contribution in [2.45, 2.75) is 45.6 Å². The number of aliphatic hydroxyl groups excluding tert-OH is 1. The van der Waals surface area contributed by atoms with Crippen molar-refractivity contribution in [2.24, 2.45) is 5.41 Å². The molecule has 1 fully saturated rings. The highest BCUT2D eigenvalue weighted by atomic mass is 16.3. The fourth-order valence-electron chi connectivity index (χ4n) is 3.58. The van der Waals surface area contributed by atoms with E-state index in [0.29, 0.717) is 6.42 Å². The zero-order valence-corrected chi connectivity index (χ0v) is 14.3. The Balaban J connectivity index is 1.97. The minimum atomic E-state index is -0.0250. The van der Waals surface area contributed by atoms with Gasteiger partial charge in [0.25, 0.3) is 0 Å². The molecule has 3 rings (SSSR count). The van der Waals surface area contributed by atoms with Crippen molar-refractivity contribution in [1.82, 2.24) is 19.5 Å². The lowest BCUT2D eigenvalue weighted by Crippen LogP contribution is -2.42. The Hall–Kier alpha value is -2.20. The van der Waals surface area contributed by atoms with Crippen LogP contribution in [0.25, 0.3) is 11.2 Å². The maximum atomic E-state index is 9.57. The van der Waals surface area contributed by atoms with Crippen molar-refractivity contribution < 1.29 is 5.11 Å². The van der Waals surface area contributed by atoms with Crippen LogP contribution in [0.4, 0.5) is 5.82 Å². The lowest BCUT2D eigenvalue weighted by Gasteiger charge is -2.39. The normalized spacial score (nSPS) is 22.5. The van der Waals surface area contributed by atoms with Crippen LogP contribution in [0, 0.1) is 16.7 Å². The first-order valence-electron chi connectivity index (χ1n) is 8.52. The van der Waals surface area contributed by atoms with E-state index in [1.54, 1.807) is 12.7 Å². The number of piperidine rings is 1. The quantitative estimate of drug-likeness (QED) is 0.905. The van der Waals surface area contributed by atoms with Crippen molar-refractivity contribution in [1.29, 1.82) is 5.26 Å². The van der Waals surface area contributed by atoms with Gasteiger partial charge in [-0.1, -0.05) is 13.8 Å². The van der Waals surface area contributed by atoms with E-state index >= 15 is 0 Å². The third kappa shape index (κ3) is 2.94. The molecule has 1 aliphatic heterocycles. The molecule has 0 bridgehead atoms. The van der Waals surface area contributed by atoms with Crippen molar-refractivity contribution >= 4 is 17.0 Å². The fraction of sp³-hybridized carbons (Fsp3) is 0.647. The van der Waals surface area contributed by atoms with Gasteiger partial charge in [0.1, 0.15) is 6.33 Å². The molecule has 0 aromatic carbocycles. The standard InChI is InChI=1S/C17H24N6O/c1-3-13(9-24)23-12-21-14-15(19-11-20-16(14)23)22-8-4-5-17(2,10-22)6-7-18/h11-13,24H,3-6,8-10H2,1-2H3/t13-,17?/m0/s1. The molecule has 2 aromatic rings. The summed E-state index contributed by atoms with van der Waals surface area (Å²) in [6.45, 7) is 5.98. The molecule has 7 nitrogen and oxygen atoms in total. The molecule has 0 amide bonds. The van der Waals surface area contributed by atoms with Crippen molar-refractivity contribution in [3.05, 3.63) is 12.7 Å². The second kappa shape index (κ2) is 6.73. The predicted molar refractivity (Wildman–Crippen MR) is 91.5 cm³/mol. The average Bonchev–Trinajstić information content (AvgIpc) is 3.00. The number of aromatic nitrogens is 4. The molecule has 1 aliphatic rings. The summed E-state index contributed by atoms with van der Waals surface area (Å²) in [7, 11) is 0. The summed E-state index contributed by atoms with van der Waals surface area (Å²) in [6, 6.07) is 2.29. The molecule has 2 aromatic heterocycles. The molecule has 0 spiro atoms. The number of nitrogens with zero attached hydrogens (tertiary/aromatic N) is 6. The SMILES string of the molecule is CC[C@@H](CO)n1cnc2c(N3CCCC(C)(CC#N)C3)ncnc21. The van der Waals surface area contributed by atoms with Crippen LogP contribution in [0.3, 0.4) is 0 Å². The Morgan fingerprint density at radius 3 is 2.96 bits per heavy atom. The molecule has 1 saturated heterocycles. The van der Waals surface area contributed by atoms with Crippen molar-refractivity contribution in [3.8, 4) is 6.07 Å². The number of anilines is 1. The van der Waals surface area contributed by atoms with Gasteiger partial charge in [0.2, 0.25) is 0 Å². The monoisotopic (exact) mass is 328 g/mol. The first-order chi connectivity index (χ1) is 11.6. The number of hydrogen-bond donors (Lipinski definition) is 1. The largest absolute Gasteiger partial charge is 0.394 e. The van der Waals surface area contributed by atoms with E-state index in [4.69, 9.17) is 5.26 Å². The number of rotatable bonds is 5. The van der Waals surface area contributed by atoms with Crippen LogP contribution in [-0.2, 0) is 0 Å². The molecule has 2 atom stereocenters. The van der Waals surface area contributed by atoms with Crippen LogP contribution >= 0.6 is 0 Å². The van der Waals surface area contributed by atoms with Crippen LogP contribution < -0.4 is 4.90 Å². The van der Waals surface area contributed by atoms with Crippen LogP contribution in [0.5, 0.6) is 0 Å². The zero-order chi connectivity index (χ0) is 17.2. The van der Waals surface area contributed by atoms with Crippen LogP contribution in [0.15, 0.2) is 12.7 Å². The maximum Gasteiger partial charge on any atom is 0.165 e. The highest BCUT2D eigenvalue weighted by Crippen LogP contribution is 2.36. The van der Waals surface area contributed by atoms with Gasteiger partial charge in [0, 0.05) is 19.5 Å². The summed E-state index contributed by atoms with van der Waals surface area (Å²) in [4.78, 5) is 15.6. The number of fused-ring (bicyclic) bond motifs is 1. The summed E-state index contributed by atoms with van der Waals surface area (Å²) >= 11 is 0. The second-order valence-electron chi connectivity index (χ2n) is 6.94. The van der Waals surface area contributed by atoms with Gasteiger partial charge in [-0.3, -0.25) is 0 Å². The molecule has 7 heteroatoms. The summed E-state index contributed by atoms with van der Waals surface area (Å²) < 4.78 is 1.93.